The molecular weight excluding hydrogens is 246 g/mol. The molecule has 4 N–H and O–H groups in total. The Balaban J connectivity index is 3.55. The predicted molar refractivity (Wildman–Crippen MR) is 74.7 cm³/mol. The quantitative estimate of drug-likeness (QED) is 0.409. The van der Waals surface area contributed by atoms with E-state index < -0.39 is 5.97 Å². The molecule has 1 unspecified atom stereocenters. The van der Waals surface area contributed by atoms with Crippen LogP contribution in [-0.4, -0.2) is 38.2 Å². The first-order chi connectivity index (χ1) is 9.10. The fourth-order valence-electron chi connectivity index (χ4n) is 1.43. The van der Waals surface area contributed by atoms with Crippen molar-refractivity contribution in [2.75, 3.05) is 26.2 Å². The van der Waals surface area contributed by atoms with Gasteiger partial charge >= 0.3 is 12.0 Å². The number of carbonyl (C=O) groups is 2. The molecule has 0 aliphatic heterocycles. The van der Waals surface area contributed by atoms with Gasteiger partial charge in [0, 0.05) is 6.54 Å². The zero-order chi connectivity index (χ0) is 14.5. The predicted octanol–water partition coefficient (Wildman–Crippen LogP) is 1.00. The van der Waals surface area contributed by atoms with Gasteiger partial charge in [0.05, 0.1) is 6.61 Å². The first-order valence-corrected chi connectivity index (χ1v) is 6.97. The summed E-state index contributed by atoms with van der Waals surface area (Å²) in [6.45, 7) is 5.64. The minimum atomic E-state index is -0.403. The standard InChI is InChI=1S/C13H27N3O3/c1-3-4-8-19-12(17)10-16-13(18)15-9-11(2)6-5-7-14/h11H,3-10,14H2,1-2H3,(H2,15,16,18). The zero-order valence-electron chi connectivity index (χ0n) is 12.0. The van der Waals surface area contributed by atoms with Crippen molar-refractivity contribution < 1.29 is 14.3 Å². The summed E-state index contributed by atoms with van der Waals surface area (Å²) in [4.78, 5) is 22.6. The molecule has 0 rings (SSSR count). The van der Waals surface area contributed by atoms with E-state index in [-0.39, 0.29) is 12.6 Å². The Bertz CT molecular complexity index is 260. The van der Waals surface area contributed by atoms with Gasteiger partial charge in [-0.05, 0) is 31.7 Å². The summed E-state index contributed by atoms with van der Waals surface area (Å²) in [5, 5.41) is 5.19. The molecule has 2 amide bonds. The largest absolute Gasteiger partial charge is 0.464 e. The molecule has 1 atom stereocenters. The highest BCUT2D eigenvalue weighted by Gasteiger charge is 2.07. The molecule has 0 fully saturated rings. The van der Waals surface area contributed by atoms with E-state index in [2.05, 4.69) is 17.6 Å². The Hall–Kier alpha value is -1.30. The number of nitrogens with two attached hydrogens (primary N) is 1. The van der Waals surface area contributed by atoms with Crippen molar-refractivity contribution in [3.63, 3.8) is 0 Å². The Labute approximate surface area is 115 Å². The van der Waals surface area contributed by atoms with Crippen LogP contribution in [0.2, 0.25) is 0 Å². The van der Waals surface area contributed by atoms with E-state index in [4.69, 9.17) is 10.5 Å². The van der Waals surface area contributed by atoms with Crippen molar-refractivity contribution >= 4 is 12.0 Å². The first kappa shape index (κ1) is 17.7. The summed E-state index contributed by atoms with van der Waals surface area (Å²) in [6.07, 6.45) is 3.75. The lowest BCUT2D eigenvalue weighted by atomic mass is 10.1. The fraction of sp³-hybridized carbons (Fsp3) is 0.846. The summed E-state index contributed by atoms with van der Waals surface area (Å²) in [5.41, 5.74) is 5.41. The molecule has 0 aromatic heterocycles. The van der Waals surface area contributed by atoms with E-state index in [9.17, 15) is 9.59 Å². The minimum Gasteiger partial charge on any atom is -0.464 e. The lowest BCUT2D eigenvalue weighted by Gasteiger charge is -2.12. The van der Waals surface area contributed by atoms with Crippen LogP contribution in [0.25, 0.3) is 0 Å². The molecule has 19 heavy (non-hydrogen) atoms. The summed E-state index contributed by atoms with van der Waals surface area (Å²) in [6, 6.07) is -0.341. The molecule has 0 bridgehead atoms. The number of hydrogen-bond acceptors (Lipinski definition) is 4. The van der Waals surface area contributed by atoms with Gasteiger partial charge in [0.2, 0.25) is 0 Å². The third kappa shape index (κ3) is 11.5. The smallest absolute Gasteiger partial charge is 0.325 e. The Morgan fingerprint density at radius 2 is 2.00 bits per heavy atom. The van der Waals surface area contributed by atoms with Gasteiger partial charge in [-0.3, -0.25) is 4.79 Å². The van der Waals surface area contributed by atoms with Gasteiger partial charge in [-0.1, -0.05) is 20.3 Å². The number of nitrogens with one attached hydrogen (secondary N) is 2. The van der Waals surface area contributed by atoms with Crippen LogP contribution in [0.5, 0.6) is 0 Å². The van der Waals surface area contributed by atoms with Crippen LogP contribution in [0.15, 0.2) is 0 Å². The molecule has 0 saturated heterocycles. The van der Waals surface area contributed by atoms with Gasteiger partial charge in [-0.25, -0.2) is 4.79 Å². The molecule has 0 aromatic carbocycles. The van der Waals surface area contributed by atoms with Crippen LogP contribution in [0, 0.1) is 5.92 Å². The van der Waals surface area contributed by atoms with E-state index in [1.165, 1.54) is 0 Å². The van der Waals surface area contributed by atoms with E-state index in [1.807, 2.05) is 6.92 Å². The highest BCUT2D eigenvalue weighted by Crippen LogP contribution is 2.02. The summed E-state index contributed by atoms with van der Waals surface area (Å²) < 4.78 is 4.92. The topological polar surface area (TPSA) is 93.4 Å². The highest BCUT2D eigenvalue weighted by atomic mass is 16.5. The number of amides is 2. The van der Waals surface area contributed by atoms with Gasteiger partial charge < -0.3 is 21.1 Å². The molecule has 0 aliphatic carbocycles. The normalized spacial score (nSPS) is 11.7. The van der Waals surface area contributed by atoms with Gasteiger partial charge in [-0.15, -0.1) is 0 Å². The molecule has 0 radical (unpaired) electrons. The molecule has 0 spiro atoms. The number of carbonyl (C=O) groups excluding carboxylic acids is 2. The molecule has 0 heterocycles. The Morgan fingerprint density at radius 1 is 1.26 bits per heavy atom. The number of esters is 1. The minimum absolute atomic E-state index is 0.0905. The van der Waals surface area contributed by atoms with E-state index in [0.717, 1.165) is 25.7 Å². The van der Waals surface area contributed by atoms with Crippen molar-refractivity contribution in [2.45, 2.75) is 39.5 Å². The summed E-state index contributed by atoms with van der Waals surface area (Å²) in [7, 11) is 0. The molecule has 6 nitrogen and oxygen atoms in total. The molecule has 0 aliphatic rings. The molecular formula is C13H27N3O3. The molecule has 112 valence electrons. The average Bonchev–Trinajstić information content (AvgIpc) is 2.40. The average molecular weight is 273 g/mol. The van der Waals surface area contributed by atoms with Crippen LogP contribution in [0.4, 0.5) is 4.79 Å². The monoisotopic (exact) mass is 273 g/mol. The van der Waals surface area contributed by atoms with Crippen molar-refractivity contribution in [1.82, 2.24) is 10.6 Å². The molecule has 0 aromatic rings. The second kappa shape index (κ2) is 11.8. The van der Waals surface area contributed by atoms with Crippen LogP contribution < -0.4 is 16.4 Å². The number of hydrogen-bond donors (Lipinski definition) is 3. The van der Waals surface area contributed by atoms with Crippen molar-refractivity contribution in [3.05, 3.63) is 0 Å². The Morgan fingerprint density at radius 3 is 2.63 bits per heavy atom. The number of ether oxygens (including phenoxy) is 1. The number of urea groups is 1. The maximum Gasteiger partial charge on any atom is 0.325 e. The van der Waals surface area contributed by atoms with E-state index >= 15 is 0 Å². The van der Waals surface area contributed by atoms with Gasteiger partial charge in [-0.2, -0.15) is 0 Å². The summed E-state index contributed by atoms with van der Waals surface area (Å²) in [5.74, 6) is -0.0226. The van der Waals surface area contributed by atoms with Gasteiger partial charge in [0.1, 0.15) is 6.54 Å². The lowest BCUT2D eigenvalue weighted by molar-refractivity contribution is -0.142. The third-order valence-electron chi connectivity index (χ3n) is 2.67. The van der Waals surface area contributed by atoms with Crippen molar-refractivity contribution in [3.8, 4) is 0 Å². The van der Waals surface area contributed by atoms with Crippen LogP contribution in [-0.2, 0) is 9.53 Å². The Kier molecular flexibility index (Phi) is 11.0. The van der Waals surface area contributed by atoms with Crippen LogP contribution in [0.1, 0.15) is 39.5 Å². The number of unbranched alkanes of at least 4 members (excludes halogenated alkanes) is 1. The lowest BCUT2D eigenvalue weighted by Crippen LogP contribution is -2.40. The molecule has 6 heteroatoms. The third-order valence-corrected chi connectivity index (χ3v) is 2.67. The first-order valence-electron chi connectivity index (χ1n) is 6.97. The van der Waals surface area contributed by atoms with E-state index in [1.54, 1.807) is 0 Å². The zero-order valence-corrected chi connectivity index (χ0v) is 12.0. The highest BCUT2D eigenvalue weighted by molar-refractivity contribution is 5.80. The molecule has 0 saturated carbocycles. The van der Waals surface area contributed by atoms with E-state index in [0.29, 0.717) is 25.6 Å². The number of rotatable bonds is 10. The maximum atomic E-state index is 11.4. The second-order valence-corrected chi connectivity index (χ2v) is 4.67. The van der Waals surface area contributed by atoms with Crippen LogP contribution in [0.3, 0.4) is 0 Å². The summed E-state index contributed by atoms with van der Waals surface area (Å²) >= 11 is 0. The van der Waals surface area contributed by atoms with Gasteiger partial charge in [0.15, 0.2) is 0 Å². The van der Waals surface area contributed by atoms with Crippen molar-refractivity contribution in [2.24, 2.45) is 11.7 Å². The van der Waals surface area contributed by atoms with Crippen molar-refractivity contribution in [1.29, 1.82) is 0 Å². The SMILES string of the molecule is CCCCOC(=O)CNC(=O)NCC(C)CCCN. The second-order valence-electron chi connectivity index (χ2n) is 4.67. The van der Waals surface area contributed by atoms with Gasteiger partial charge in [0.25, 0.3) is 0 Å². The maximum absolute atomic E-state index is 11.4. The fourth-order valence-corrected chi connectivity index (χ4v) is 1.43. The van der Waals surface area contributed by atoms with Crippen LogP contribution >= 0.6 is 0 Å².